The third kappa shape index (κ3) is 2.74. The first-order valence-electron chi connectivity index (χ1n) is 6.53. The Labute approximate surface area is 113 Å². The minimum atomic E-state index is 0.446. The average Bonchev–Trinajstić information content (AvgIpc) is 2.81. The second kappa shape index (κ2) is 5.11. The van der Waals surface area contributed by atoms with Crippen molar-refractivity contribution in [3.8, 4) is 0 Å². The van der Waals surface area contributed by atoms with Gasteiger partial charge in [0.25, 0.3) is 0 Å². The summed E-state index contributed by atoms with van der Waals surface area (Å²) in [5.74, 6) is 1.49. The van der Waals surface area contributed by atoms with Crippen molar-refractivity contribution in [3.63, 3.8) is 0 Å². The summed E-state index contributed by atoms with van der Waals surface area (Å²) in [5, 5.41) is 3.56. The first-order valence-corrected chi connectivity index (χ1v) is 7.33. The van der Waals surface area contributed by atoms with Gasteiger partial charge in [0, 0.05) is 4.47 Å². The van der Waals surface area contributed by atoms with Crippen molar-refractivity contribution in [1.29, 1.82) is 0 Å². The molecule has 0 spiro atoms. The van der Waals surface area contributed by atoms with Crippen LogP contribution in [0.4, 0.5) is 0 Å². The van der Waals surface area contributed by atoms with E-state index in [2.05, 4.69) is 66.3 Å². The quantitative estimate of drug-likeness (QED) is 0.803. The molecule has 1 aromatic carbocycles. The Bertz CT molecular complexity index is 386. The molecule has 17 heavy (non-hydrogen) atoms. The summed E-state index contributed by atoms with van der Waals surface area (Å²) in [6.07, 6.45) is 1.22. The number of hydrogen-bond acceptors (Lipinski definition) is 1. The highest BCUT2D eigenvalue weighted by atomic mass is 79.9. The van der Waals surface area contributed by atoms with Gasteiger partial charge in [-0.1, -0.05) is 48.8 Å². The van der Waals surface area contributed by atoms with Gasteiger partial charge in [0.2, 0.25) is 0 Å². The van der Waals surface area contributed by atoms with Gasteiger partial charge in [-0.25, -0.2) is 0 Å². The van der Waals surface area contributed by atoms with E-state index in [1.807, 2.05) is 0 Å². The normalized spacial score (nSPS) is 25.9. The van der Waals surface area contributed by atoms with E-state index in [4.69, 9.17) is 0 Å². The summed E-state index contributed by atoms with van der Waals surface area (Å²) < 4.78 is 1.19. The Kier molecular flexibility index (Phi) is 3.94. The van der Waals surface area contributed by atoms with E-state index in [1.165, 1.54) is 16.5 Å². The molecule has 0 saturated heterocycles. The molecule has 2 rings (SSSR count). The maximum absolute atomic E-state index is 3.56. The Morgan fingerprint density at radius 3 is 2.76 bits per heavy atom. The van der Waals surface area contributed by atoms with E-state index in [-0.39, 0.29) is 0 Å². The van der Waals surface area contributed by atoms with E-state index in [0.29, 0.717) is 11.3 Å². The fourth-order valence-electron chi connectivity index (χ4n) is 2.92. The van der Waals surface area contributed by atoms with E-state index >= 15 is 0 Å². The van der Waals surface area contributed by atoms with Gasteiger partial charge >= 0.3 is 0 Å². The Morgan fingerprint density at radius 1 is 1.35 bits per heavy atom. The van der Waals surface area contributed by atoms with Crippen LogP contribution >= 0.6 is 15.9 Å². The molecular formula is C15H22BrN. The summed E-state index contributed by atoms with van der Waals surface area (Å²) in [6.45, 7) is 9.28. The lowest BCUT2D eigenvalue weighted by Gasteiger charge is -2.03. The van der Waals surface area contributed by atoms with Gasteiger partial charge in [-0.3, -0.25) is 0 Å². The first kappa shape index (κ1) is 13.1. The number of halogens is 1. The fourth-order valence-corrected chi connectivity index (χ4v) is 3.34. The molecule has 1 N–H and O–H groups in total. The molecule has 0 aromatic heterocycles. The lowest BCUT2D eigenvalue weighted by molar-refractivity contribution is 0.518. The largest absolute Gasteiger partial charge is 0.316 e. The molecule has 1 aromatic rings. The monoisotopic (exact) mass is 295 g/mol. The van der Waals surface area contributed by atoms with Gasteiger partial charge in [0.05, 0.1) is 0 Å². The molecule has 1 aliphatic carbocycles. The zero-order chi connectivity index (χ0) is 12.5. The first-order chi connectivity index (χ1) is 8.07. The summed E-state index contributed by atoms with van der Waals surface area (Å²) in [5.41, 5.74) is 1.93. The minimum Gasteiger partial charge on any atom is -0.316 e. The van der Waals surface area contributed by atoms with Gasteiger partial charge < -0.3 is 5.32 Å². The van der Waals surface area contributed by atoms with Crippen LogP contribution in [0.2, 0.25) is 0 Å². The molecule has 0 amide bonds. The molecule has 94 valence electrons. The molecule has 2 unspecified atom stereocenters. The summed E-state index contributed by atoms with van der Waals surface area (Å²) in [4.78, 5) is 0. The lowest BCUT2D eigenvalue weighted by atomic mass is 10.0. The highest BCUT2D eigenvalue weighted by Crippen LogP contribution is 2.64. The molecule has 0 heterocycles. The minimum absolute atomic E-state index is 0.446. The molecule has 1 fully saturated rings. The number of rotatable bonds is 5. The predicted octanol–water partition coefficient (Wildman–Crippen LogP) is 4.19. The molecule has 0 radical (unpaired) electrons. The van der Waals surface area contributed by atoms with Crippen molar-refractivity contribution in [2.45, 2.75) is 33.1 Å². The van der Waals surface area contributed by atoms with Crippen LogP contribution in [0.1, 0.15) is 38.7 Å². The SMILES string of the molecule is CCCNCC1C(c2cccc(Br)c2)C1(C)C. The molecule has 1 aliphatic rings. The van der Waals surface area contributed by atoms with E-state index in [0.717, 1.165) is 19.0 Å². The van der Waals surface area contributed by atoms with Crippen molar-refractivity contribution < 1.29 is 0 Å². The highest BCUT2D eigenvalue weighted by Gasteiger charge is 2.57. The second-order valence-electron chi connectivity index (χ2n) is 5.66. The van der Waals surface area contributed by atoms with Crippen molar-refractivity contribution in [2.24, 2.45) is 11.3 Å². The van der Waals surface area contributed by atoms with Crippen LogP contribution in [0.25, 0.3) is 0 Å². The molecule has 0 bridgehead atoms. The number of hydrogen-bond donors (Lipinski definition) is 1. The lowest BCUT2D eigenvalue weighted by Crippen LogP contribution is -2.19. The Morgan fingerprint density at radius 2 is 2.12 bits per heavy atom. The third-order valence-corrected chi connectivity index (χ3v) is 4.54. The molecule has 2 heteroatoms. The molecule has 1 nitrogen and oxygen atoms in total. The van der Waals surface area contributed by atoms with Crippen LogP contribution in [0.3, 0.4) is 0 Å². The van der Waals surface area contributed by atoms with Crippen molar-refractivity contribution in [1.82, 2.24) is 5.32 Å². The van der Waals surface area contributed by atoms with Gasteiger partial charge in [-0.05, 0) is 54.5 Å². The van der Waals surface area contributed by atoms with Crippen molar-refractivity contribution >= 4 is 15.9 Å². The molecule has 1 saturated carbocycles. The zero-order valence-electron chi connectivity index (χ0n) is 11.0. The topological polar surface area (TPSA) is 12.0 Å². The van der Waals surface area contributed by atoms with Crippen molar-refractivity contribution in [3.05, 3.63) is 34.3 Å². The summed E-state index contributed by atoms with van der Waals surface area (Å²) in [7, 11) is 0. The maximum atomic E-state index is 3.56. The van der Waals surface area contributed by atoms with Gasteiger partial charge in [-0.2, -0.15) is 0 Å². The van der Waals surface area contributed by atoms with Gasteiger partial charge in [-0.15, -0.1) is 0 Å². The van der Waals surface area contributed by atoms with Crippen LogP contribution in [-0.4, -0.2) is 13.1 Å². The maximum Gasteiger partial charge on any atom is 0.0178 e. The van der Waals surface area contributed by atoms with Crippen molar-refractivity contribution in [2.75, 3.05) is 13.1 Å². The van der Waals surface area contributed by atoms with Crippen LogP contribution in [0, 0.1) is 11.3 Å². The van der Waals surface area contributed by atoms with Gasteiger partial charge in [0.1, 0.15) is 0 Å². The zero-order valence-corrected chi connectivity index (χ0v) is 12.5. The predicted molar refractivity (Wildman–Crippen MR) is 77.3 cm³/mol. The van der Waals surface area contributed by atoms with E-state index < -0.39 is 0 Å². The molecule has 2 atom stereocenters. The highest BCUT2D eigenvalue weighted by molar-refractivity contribution is 9.10. The standard InChI is InChI=1S/C15H22BrN/c1-4-8-17-10-13-14(15(13,2)3)11-6-5-7-12(16)9-11/h5-7,9,13-14,17H,4,8,10H2,1-3H3. The van der Waals surface area contributed by atoms with Crippen LogP contribution in [-0.2, 0) is 0 Å². The Balaban J connectivity index is 2.02. The average molecular weight is 296 g/mol. The second-order valence-corrected chi connectivity index (χ2v) is 6.58. The smallest absolute Gasteiger partial charge is 0.0178 e. The Hall–Kier alpha value is -0.340. The van der Waals surface area contributed by atoms with Crippen LogP contribution < -0.4 is 5.32 Å². The molecule has 0 aliphatic heterocycles. The van der Waals surface area contributed by atoms with E-state index in [9.17, 15) is 0 Å². The van der Waals surface area contributed by atoms with Crippen LogP contribution in [0.5, 0.6) is 0 Å². The van der Waals surface area contributed by atoms with Crippen LogP contribution in [0.15, 0.2) is 28.7 Å². The molecular weight excluding hydrogens is 274 g/mol. The summed E-state index contributed by atoms with van der Waals surface area (Å²) in [6, 6.07) is 8.77. The van der Waals surface area contributed by atoms with Gasteiger partial charge in [0.15, 0.2) is 0 Å². The fraction of sp³-hybridized carbons (Fsp3) is 0.600. The third-order valence-electron chi connectivity index (χ3n) is 4.05. The van der Waals surface area contributed by atoms with E-state index in [1.54, 1.807) is 0 Å². The summed E-state index contributed by atoms with van der Waals surface area (Å²) >= 11 is 3.56. The number of benzene rings is 1. The number of nitrogens with one attached hydrogen (secondary N) is 1.